The molecule has 26 heavy (non-hydrogen) atoms. The van der Waals surface area contributed by atoms with Gasteiger partial charge in [-0.25, -0.2) is 8.42 Å². The molecule has 0 fully saturated rings. The normalized spacial score (nSPS) is 13.2. The van der Waals surface area contributed by atoms with Crippen LogP contribution in [-0.2, 0) is 21.2 Å². The van der Waals surface area contributed by atoms with Crippen molar-refractivity contribution in [2.45, 2.75) is 50.6 Å². The molecular formula is C20H26N2O3S. The van der Waals surface area contributed by atoms with Gasteiger partial charge in [-0.1, -0.05) is 48.0 Å². The Labute approximate surface area is 155 Å². The molecule has 140 valence electrons. The van der Waals surface area contributed by atoms with Gasteiger partial charge in [-0.2, -0.15) is 4.72 Å². The van der Waals surface area contributed by atoms with Gasteiger partial charge in [0.2, 0.25) is 15.9 Å². The summed E-state index contributed by atoms with van der Waals surface area (Å²) in [5.41, 5.74) is 1.39. The molecule has 0 heterocycles. The third-order valence-electron chi connectivity index (χ3n) is 3.73. The molecule has 0 aliphatic carbocycles. The molecule has 2 N–H and O–H groups in total. The van der Waals surface area contributed by atoms with Crippen molar-refractivity contribution in [1.29, 1.82) is 0 Å². The largest absolute Gasteiger partial charge is 0.350 e. The molecule has 2 aromatic carbocycles. The minimum absolute atomic E-state index is 0.143. The molecule has 5 nitrogen and oxygen atoms in total. The van der Waals surface area contributed by atoms with Crippen molar-refractivity contribution in [2.75, 3.05) is 0 Å². The van der Waals surface area contributed by atoms with Crippen LogP contribution in [0, 0.1) is 6.92 Å². The van der Waals surface area contributed by atoms with E-state index in [1.54, 1.807) is 24.3 Å². The Morgan fingerprint density at radius 2 is 1.58 bits per heavy atom. The number of amides is 1. The van der Waals surface area contributed by atoms with E-state index in [1.165, 1.54) is 0 Å². The number of benzene rings is 2. The number of nitrogens with one attached hydrogen (secondary N) is 2. The Hall–Kier alpha value is -2.18. The predicted octanol–water partition coefficient (Wildman–Crippen LogP) is 2.80. The fourth-order valence-electron chi connectivity index (χ4n) is 2.47. The SMILES string of the molecule is Cc1ccc(S(=O)(=O)N[C@@H](Cc2ccccc2)C(=O)NC(C)(C)C)cc1. The summed E-state index contributed by atoms with van der Waals surface area (Å²) in [5.74, 6) is -0.350. The first-order chi connectivity index (χ1) is 12.1. The van der Waals surface area contributed by atoms with Gasteiger partial charge >= 0.3 is 0 Å². The van der Waals surface area contributed by atoms with E-state index in [1.807, 2.05) is 58.0 Å². The number of hydrogen-bond donors (Lipinski definition) is 2. The first kappa shape index (κ1) is 20.1. The van der Waals surface area contributed by atoms with E-state index >= 15 is 0 Å². The van der Waals surface area contributed by atoms with E-state index in [-0.39, 0.29) is 17.2 Å². The Morgan fingerprint density at radius 1 is 1.00 bits per heavy atom. The highest BCUT2D eigenvalue weighted by Crippen LogP contribution is 2.13. The number of hydrogen-bond acceptors (Lipinski definition) is 3. The van der Waals surface area contributed by atoms with Crippen molar-refractivity contribution in [2.24, 2.45) is 0 Å². The van der Waals surface area contributed by atoms with Crippen LogP contribution in [0.25, 0.3) is 0 Å². The van der Waals surface area contributed by atoms with Gasteiger partial charge < -0.3 is 5.32 Å². The van der Waals surface area contributed by atoms with Gasteiger partial charge in [0.25, 0.3) is 0 Å². The summed E-state index contributed by atoms with van der Waals surface area (Å²) in [6.07, 6.45) is 0.272. The van der Waals surface area contributed by atoms with Crippen LogP contribution in [0.3, 0.4) is 0 Å². The molecule has 0 radical (unpaired) electrons. The van der Waals surface area contributed by atoms with Crippen LogP contribution in [0.4, 0.5) is 0 Å². The molecule has 1 atom stereocenters. The summed E-state index contributed by atoms with van der Waals surface area (Å²) in [4.78, 5) is 12.8. The minimum Gasteiger partial charge on any atom is -0.350 e. The van der Waals surface area contributed by atoms with E-state index in [0.717, 1.165) is 11.1 Å². The van der Waals surface area contributed by atoms with Crippen LogP contribution in [0.5, 0.6) is 0 Å². The zero-order chi connectivity index (χ0) is 19.4. The maximum atomic E-state index is 12.7. The van der Waals surface area contributed by atoms with Crippen LogP contribution in [0.2, 0.25) is 0 Å². The molecule has 2 rings (SSSR count). The second-order valence-electron chi connectivity index (χ2n) is 7.42. The summed E-state index contributed by atoms with van der Waals surface area (Å²) < 4.78 is 28.0. The van der Waals surface area contributed by atoms with Gasteiger partial charge in [-0.05, 0) is 51.8 Å². The average Bonchev–Trinajstić information content (AvgIpc) is 2.54. The quantitative estimate of drug-likeness (QED) is 0.816. The maximum absolute atomic E-state index is 12.7. The van der Waals surface area contributed by atoms with Crippen LogP contribution in [0.1, 0.15) is 31.9 Å². The summed E-state index contributed by atoms with van der Waals surface area (Å²) in [5, 5.41) is 2.86. The van der Waals surface area contributed by atoms with Crippen LogP contribution in [-0.4, -0.2) is 25.9 Å². The van der Waals surface area contributed by atoms with Crippen molar-refractivity contribution < 1.29 is 13.2 Å². The van der Waals surface area contributed by atoms with Crippen LogP contribution < -0.4 is 10.0 Å². The fourth-order valence-corrected chi connectivity index (χ4v) is 3.66. The van der Waals surface area contributed by atoms with E-state index in [9.17, 15) is 13.2 Å². The highest BCUT2D eigenvalue weighted by molar-refractivity contribution is 7.89. The molecule has 0 unspecified atom stereocenters. The van der Waals surface area contributed by atoms with Crippen molar-refractivity contribution in [3.8, 4) is 0 Å². The van der Waals surface area contributed by atoms with Crippen LogP contribution in [0.15, 0.2) is 59.5 Å². The molecular weight excluding hydrogens is 348 g/mol. The molecule has 0 aromatic heterocycles. The zero-order valence-electron chi connectivity index (χ0n) is 15.6. The second kappa shape index (κ2) is 8.01. The van der Waals surface area contributed by atoms with Gasteiger partial charge in [0.15, 0.2) is 0 Å². The van der Waals surface area contributed by atoms with Gasteiger partial charge in [-0.3, -0.25) is 4.79 Å². The molecule has 0 spiro atoms. The first-order valence-electron chi connectivity index (χ1n) is 8.52. The number of carbonyl (C=O) groups excluding carboxylic acids is 1. The molecule has 0 saturated carbocycles. The monoisotopic (exact) mass is 374 g/mol. The molecule has 2 aromatic rings. The van der Waals surface area contributed by atoms with Crippen molar-refractivity contribution in [3.05, 3.63) is 65.7 Å². The standard InChI is InChI=1S/C20H26N2O3S/c1-15-10-12-17(13-11-15)26(24,25)22-18(19(23)21-20(2,3)4)14-16-8-6-5-7-9-16/h5-13,18,22H,14H2,1-4H3,(H,21,23)/t18-/m0/s1. The van der Waals surface area contributed by atoms with Crippen LogP contribution >= 0.6 is 0 Å². The topological polar surface area (TPSA) is 75.3 Å². The molecule has 0 saturated heterocycles. The van der Waals surface area contributed by atoms with Crippen molar-refractivity contribution in [1.82, 2.24) is 10.0 Å². The van der Waals surface area contributed by atoms with E-state index in [4.69, 9.17) is 0 Å². The summed E-state index contributed by atoms with van der Waals surface area (Å²) in [6.45, 7) is 7.47. The average molecular weight is 375 g/mol. The summed E-state index contributed by atoms with van der Waals surface area (Å²) in [7, 11) is -3.81. The molecule has 0 aliphatic rings. The lowest BCUT2D eigenvalue weighted by Crippen LogP contribution is -2.52. The number of rotatable bonds is 6. The molecule has 0 bridgehead atoms. The summed E-state index contributed by atoms with van der Waals surface area (Å²) in [6, 6.07) is 15.0. The van der Waals surface area contributed by atoms with Gasteiger partial charge in [0.1, 0.15) is 6.04 Å². The predicted molar refractivity (Wildman–Crippen MR) is 103 cm³/mol. The number of aryl methyl sites for hydroxylation is 1. The Balaban J connectivity index is 2.27. The van der Waals surface area contributed by atoms with Gasteiger partial charge in [-0.15, -0.1) is 0 Å². The van der Waals surface area contributed by atoms with E-state index < -0.39 is 21.6 Å². The minimum atomic E-state index is -3.81. The smallest absolute Gasteiger partial charge is 0.241 e. The number of carbonyl (C=O) groups is 1. The van der Waals surface area contributed by atoms with E-state index in [0.29, 0.717) is 0 Å². The third kappa shape index (κ3) is 5.97. The Bertz CT molecular complexity index is 839. The lowest BCUT2D eigenvalue weighted by atomic mass is 10.0. The molecule has 0 aliphatic heterocycles. The van der Waals surface area contributed by atoms with Gasteiger partial charge in [0.05, 0.1) is 4.90 Å². The van der Waals surface area contributed by atoms with Crippen molar-refractivity contribution in [3.63, 3.8) is 0 Å². The highest BCUT2D eigenvalue weighted by Gasteiger charge is 2.28. The fraction of sp³-hybridized carbons (Fsp3) is 0.350. The second-order valence-corrected chi connectivity index (χ2v) is 9.13. The molecule has 6 heteroatoms. The lowest BCUT2D eigenvalue weighted by molar-refractivity contribution is -0.124. The zero-order valence-corrected chi connectivity index (χ0v) is 16.4. The maximum Gasteiger partial charge on any atom is 0.241 e. The molecule has 1 amide bonds. The lowest BCUT2D eigenvalue weighted by Gasteiger charge is -2.25. The first-order valence-corrected chi connectivity index (χ1v) is 10.0. The van der Waals surface area contributed by atoms with E-state index in [2.05, 4.69) is 10.0 Å². The van der Waals surface area contributed by atoms with Crippen molar-refractivity contribution >= 4 is 15.9 Å². The third-order valence-corrected chi connectivity index (χ3v) is 5.21. The van der Waals surface area contributed by atoms with Gasteiger partial charge in [0, 0.05) is 5.54 Å². The number of sulfonamides is 1. The summed E-state index contributed by atoms with van der Waals surface area (Å²) >= 11 is 0. The Kier molecular flexibility index (Phi) is 6.21. The Morgan fingerprint density at radius 3 is 2.12 bits per heavy atom. The highest BCUT2D eigenvalue weighted by atomic mass is 32.2.